The highest BCUT2D eigenvalue weighted by atomic mass is 16.2. The molecule has 0 saturated carbocycles. The third-order valence-electron chi connectivity index (χ3n) is 5.06. The van der Waals surface area contributed by atoms with Gasteiger partial charge in [-0.1, -0.05) is 36.4 Å². The zero-order chi connectivity index (χ0) is 16.8. The third kappa shape index (κ3) is 2.12. The van der Waals surface area contributed by atoms with Crippen LogP contribution in [0.15, 0.2) is 52.1 Å². The largest absolute Gasteiger partial charge is 0.337 e. The minimum Gasteiger partial charge on any atom is -0.337 e. The molecule has 3 heteroatoms. The summed E-state index contributed by atoms with van der Waals surface area (Å²) in [4.78, 5) is 26.7. The van der Waals surface area contributed by atoms with Gasteiger partial charge in [-0.05, 0) is 55.0 Å². The Bertz CT molecular complexity index is 1010. The first-order valence-electron chi connectivity index (χ1n) is 8.34. The number of rotatable bonds is 2. The second-order valence-electron chi connectivity index (χ2n) is 6.56. The van der Waals surface area contributed by atoms with E-state index in [1.807, 2.05) is 55.1 Å². The SMILES string of the molecule is Cc1ccc(-c2c(N3CCCc4ccccc43)c(=O)c2=O)cc1C. The Balaban J connectivity index is 1.87. The monoisotopic (exact) mass is 317 g/mol. The van der Waals surface area contributed by atoms with E-state index in [1.54, 1.807) is 0 Å². The summed E-state index contributed by atoms with van der Waals surface area (Å²) in [6, 6.07) is 14.1. The van der Waals surface area contributed by atoms with E-state index in [0.29, 0.717) is 11.3 Å². The van der Waals surface area contributed by atoms with Gasteiger partial charge < -0.3 is 4.90 Å². The second-order valence-corrected chi connectivity index (χ2v) is 6.56. The zero-order valence-corrected chi connectivity index (χ0v) is 13.9. The van der Waals surface area contributed by atoms with Crippen molar-refractivity contribution in [3.63, 3.8) is 0 Å². The van der Waals surface area contributed by atoms with Crippen molar-refractivity contribution >= 4 is 11.4 Å². The molecule has 24 heavy (non-hydrogen) atoms. The first-order chi connectivity index (χ1) is 11.6. The molecule has 1 heterocycles. The van der Waals surface area contributed by atoms with E-state index >= 15 is 0 Å². The summed E-state index contributed by atoms with van der Waals surface area (Å²) in [6.07, 6.45) is 2.00. The van der Waals surface area contributed by atoms with E-state index in [-0.39, 0.29) is 10.9 Å². The van der Waals surface area contributed by atoms with Crippen LogP contribution in [0.1, 0.15) is 23.1 Å². The molecule has 1 aliphatic rings. The van der Waals surface area contributed by atoms with Gasteiger partial charge in [-0.25, -0.2) is 0 Å². The van der Waals surface area contributed by atoms with E-state index in [2.05, 4.69) is 6.07 Å². The van der Waals surface area contributed by atoms with Gasteiger partial charge in [0, 0.05) is 12.2 Å². The van der Waals surface area contributed by atoms with Crippen molar-refractivity contribution < 1.29 is 0 Å². The van der Waals surface area contributed by atoms with E-state index in [9.17, 15) is 9.59 Å². The van der Waals surface area contributed by atoms with Gasteiger partial charge in [-0.3, -0.25) is 9.59 Å². The third-order valence-corrected chi connectivity index (χ3v) is 5.06. The Labute approximate surface area is 140 Å². The quantitative estimate of drug-likeness (QED) is 0.677. The molecule has 0 aromatic heterocycles. The van der Waals surface area contributed by atoms with E-state index in [1.165, 1.54) is 11.1 Å². The van der Waals surface area contributed by atoms with Crippen LogP contribution in [0.4, 0.5) is 11.4 Å². The standard InChI is InChI=1S/C21H19NO2/c1-13-9-10-16(12-14(13)2)18-19(21(24)20(18)23)22-11-5-7-15-6-3-4-8-17(15)22/h3-4,6,8-10,12H,5,7,11H2,1-2H3. The van der Waals surface area contributed by atoms with Crippen LogP contribution < -0.4 is 15.8 Å². The summed E-state index contributed by atoms with van der Waals surface area (Å²) < 4.78 is 0. The Kier molecular flexibility index (Phi) is 3.38. The Morgan fingerprint density at radius 3 is 2.50 bits per heavy atom. The molecule has 3 aromatic carbocycles. The maximum absolute atomic E-state index is 12.4. The van der Waals surface area contributed by atoms with Crippen molar-refractivity contribution in [3.05, 3.63) is 79.6 Å². The van der Waals surface area contributed by atoms with Gasteiger partial charge >= 0.3 is 0 Å². The highest BCUT2D eigenvalue weighted by Crippen LogP contribution is 2.37. The molecule has 120 valence electrons. The molecule has 3 nitrogen and oxygen atoms in total. The lowest BCUT2D eigenvalue weighted by Crippen LogP contribution is -2.41. The second kappa shape index (κ2) is 5.45. The number of fused-ring (bicyclic) bond motifs is 1. The number of para-hydroxylation sites is 1. The normalized spacial score (nSPS) is 14.0. The molecule has 0 radical (unpaired) electrons. The van der Waals surface area contributed by atoms with Crippen LogP contribution in [0.5, 0.6) is 0 Å². The lowest BCUT2D eigenvalue weighted by Gasteiger charge is -2.33. The summed E-state index contributed by atoms with van der Waals surface area (Å²) in [5, 5.41) is 0. The number of hydrogen-bond donors (Lipinski definition) is 0. The smallest absolute Gasteiger partial charge is 0.250 e. The molecule has 0 amide bonds. The molecule has 0 fully saturated rings. The minimum atomic E-state index is -0.365. The summed E-state index contributed by atoms with van der Waals surface area (Å²) in [6.45, 7) is 4.85. The van der Waals surface area contributed by atoms with Crippen LogP contribution >= 0.6 is 0 Å². The van der Waals surface area contributed by atoms with Gasteiger partial charge in [-0.2, -0.15) is 0 Å². The summed E-state index contributed by atoms with van der Waals surface area (Å²) in [7, 11) is 0. The highest BCUT2D eigenvalue weighted by Gasteiger charge is 2.30. The molecule has 0 bridgehead atoms. The Morgan fingerprint density at radius 2 is 1.71 bits per heavy atom. The predicted octanol–water partition coefficient (Wildman–Crippen LogP) is 3.65. The minimum absolute atomic E-state index is 0.361. The lowest BCUT2D eigenvalue weighted by molar-refractivity contribution is 0.763. The summed E-state index contributed by atoms with van der Waals surface area (Å²) >= 11 is 0. The number of hydrogen-bond acceptors (Lipinski definition) is 3. The number of aryl methyl sites for hydroxylation is 3. The molecule has 0 unspecified atom stereocenters. The van der Waals surface area contributed by atoms with Crippen molar-refractivity contribution in [1.29, 1.82) is 0 Å². The molecular formula is C21H19NO2. The number of anilines is 2. The van der Waals surface area contributed by atoms with Crippen molar-refractivity contribution in [2.75, 3.05) is 11.4 Å². The zero-order valence-electron chi connectivity index (χ0n) is 13.9. The predicted molar refractivity (Wildman–Crippen MR) is 98.0 cm³/mol. The van der Waals surface area contributed by atoms with Gasteiger partial charge in [0.2, 0.25) is 5.43 Å². The molecule has 3 aromatic rings. The van der Waals surface area contributed by atoms with Gasteiger partial charge in [0.05, 0.1) is 5.56 Å². The average Bonchev–Trinajstić information content (AvgIpc) is 2.61. The molecule has 1 aliphatic heterocycles. The van der Waals surface area contributed by atoms with E-state index < -0.39 is 0 Å². The fraction of sp³-hybridized carbons (Fsp3) is 0.238. The average molecular weight is 317 g/mol. The molecule has 0 atom stereocenters. The van der Waals surface area contributed by atoms with Crippen LogP contribution in [0.25, 0.3) is 11.1 Å². The van der Waals surface area contributed by atoms with Crippen LogP contribution in [0.2, 0.25) is 0 Å². The molecule has 0 N–H and O–H groups in total. The number of nitrogens with zero attached hydrogens (tertiary/aromatic N) is 1. The molecule has 4 rings (SSSR count). The van der Waals surface area contributed by atoms with Gasteiger partial charge in [0.1, 0.15) is 5.69 Å². The fourth-order valence-corrected chi connectivity index (χ4v) is 3.57. The van der Waals surface area contributed by atoms with E-state index in [0.717, 1.165) is 36.2 Å². The lowest BCUT2D eigenvalue weighted by atomic mass is 9.92. The van der Waals surface area contributed by atoms with Crippen molar-refractivity contribution in [3.8, 4) is 11.1 Å². The van der Waals surface area contributed by atoms with Gasteiger partial charge in [-0.15, -0.1) is 0 Å². The Hall–Kier alpha value is -2.68. The maximum atomic E-state index is 12.4. The molecule has 0 spiro atoms. The van der Waals surface area contributed by atoms with Crippen molar-refractivity contribution in [2.45, 2.75) is 26.7 Å². The summed E-state index contributed by atoms with van der Waals surface area (Å²) in [5.74, 6) is 0. The maximum Gasteiger partial charge on any atom is 0.250 e. The first kappa shape index (κ1) is 14.9. The topological polar surface area (TPSA) is 37.4 Å². The fourth-order valence-electron chi connectivity index (χ4n) is 3.57. The van der Waals surface area contributed by atoms with Crippen LogP contribution in [0.3, 0.4) is 0 Å². The van der Waals surface area contributed by atoms with Crippen LogP contribution in [-0.2, 0) is 6.42 Å². The van der Waals surface area contributed by atoms with Gasteiger partial charge in [0.25, 0.3) is 5.43 Å². The first-order valence-corrected chi connectivity index (χ1v) is 8.34. The van der Waals surface area contributed by atoms with Crippen LogP contribution in [-0.4, -0.2) is 6.54 Å². The Morgan fingerprint density at radius 1 is 0.917 bits per heavy atom. The van der Waals surface area contributed by atoms with Crippen molar-refractivity contribution in [1.82, 2.24) is 0 Å². The van der Waals surface area contributed by atoms with Crippen molar-refractivity contribution in [2.24, 2.45) is 0 Å². The van der Waals surface area contributed by atoms with Gasteiger partial charge in [0.15, 0.2) is 0 Å². The molecule has 0 saturated heterocycles. The number of benzene rings is 2. The molecule has 0 aliphatic carbocycles. The highest BCUT2D eigenvalue weighted by molar-refractivity contribution is 5.87. The van der Waals surface area contributed by atoms with Crippen LogP contribution in [0, 0.1) is 13.8 Å². The van der Waals surface area contributed by atoms with E-state index in [4.69, 9.17) is 0 Å². The summed E-state index contributed by atoms with van der Waals surface area (Å²) in [5.41, 5.74) is 5.86. The molecular weight excluding hydrogens is 298 g/mol.